The number of hydrogen-bond donors (Lipinski definition) is 2. The second kappa shape index (κ2) is 10.6. The molecule has 3 amide bonds. The second-order valence-corrected chi connectivity index (χ2v) is 7.39. The smallest absolute Gasteiger partial charge is 0.338 e. The fourth-order valence-electron chi connectivity index (χ4n) is 3.20. The van der Waals surface area contributed by atoms with Gasteiger partial charge in [-0.25, -0.2) is 9.59 Å². The van der Waals surface area contributed by atoms with Crippen molar-refractivity contribution in [3.63, 3.8) is 0 Å². The van der Waals surface area contributed by atoms with Gasteiger partial charge < -0.3 is 19.3 Å². The van der Waals surface area contributed by atoms with Gasteiger partial charge in [-0.15, -0.1) is 0 Å². The molecule has 2 N–H and O–H groups in total. The molecular weight excluding hydrogens is 404 g/mol. The van der Waals surface area contributed by atoms with Crippen molar-refractivity contribution in [2.75, 3.05) is 0 Å². The Kier molecular flexibility index (Phi) is 7.58. The number of amides is 3. The molecule has 166 valence electrons. The quantitative estimate of drug-likeness (QED) is 0.641. The lowest BCUT2D eigenvalue weighted by Crippen LogP contribution is -2.48. The van der Waals surface area contributed by atoms with E-state index in [2.05, 4.69) is 20.8 Å². The molecule has 1 aromatic heterocycles. The van der Waals surface area contributed by atoms with Crippen LogP contribution in [0.2, 0.25) is 0 Å². The molecule has 10 nitrogen and oxygen atoms in total. The van der Waals surface area contributed by atoms with Gasteiger partial charge in [0.1, 0.15) is 5.75 Å². The fourth-order valence-corrected chi connectivity index (χ4v) is 3.20. The summed E-state index contributed by atoms with van der Waals surface area (Å²) in [6.07, 6.45) is 3.97. The van der Waals surface area contributed by atoms with Crippen LogP contribution in [0, 0.1) is 6.92 Å². The van der Waals surface area contributed by atoms with Gasteiger partial charge in [0.15, 0.2) is 12.7 Å². The molecular formula is C21H26N4O6. The van der Waals surface area contributed by atoms with Crippen molar-refractivity contribution in [3.05, 3.63) is 41.5 Å². The molecule has 0 aliphatic heterocycles. The molecule has 1 aromatic carbocycles. The van der Waals surface area contributed by atoms with Gasteiger partial charge >= 0.3 is 12.0 Å². The van der Waals surface area contributed by atoms with E-state index < -0.39 is 24.0 Å². The summed E-state index contributed by atoms with van der Waals surface area (Å²) >= 11 is 0. The number of carbonyl (C=O) groups is 3. The predicted octanol–water partition coefficient (Wildman–Crippen LogP) is 2.66. The number of carbonyl (C=O) groups excluding carboxylic acids is 3. The summed E-state index contributed by atoms with van der Waals surface area (Å²) in [7, 11) is 0. The normalized spacial score (nSPS) is 15.0. The molecule has 10 heteroatoms. The van der Waals surface area contributed by atoms with Crippen LogP contribution < -0.4 is 15.4 Å². The van der Waals surface area contributed by atoms with Crippen molar-refractivity contribution >= 4 is 17.9 Å². The van der Waals surface area contributed by atoms with Gasteiger partial charge in [0, 0.05) is 13.0 Å². The maximum atomic E-state index is 12.3. The van der Waals surface area contributed by atoms with E-state index >= 15 is 0 Å². The Bertz CT molecular complexity index is 905. The number of hydrogen-bond acceptors (Lipinski definition) is 8. The van der Waals surface area contributed by atoms with Crippen molar-refractivity contribution in [1.82, 2.24) is 20.8 Å². The molecule has 1 aliphatic rings. The number of rotatable bonds is 7. The molecule has 2 aromatic rings. The van der Waals surface area contributed by atoms with Crippen LogP contribution in [-0.4, -0.2) is 40.2 Å². The molecule has 1 atom stereocenters. The molecule has 1 saturated carbocycles. The molecule has 31 heavy (non-hydrogen) atoms. The zero-order valence-electron chi connectivity index (χ0n) is 17.6. The molecule has 0 saturated heterocycles. The number of benzene rings is 1. The SMILES string of the molecule is Cc1nc(COc2ccc(C(=O)OC(C)C(=O)NC(=O)NC3CCCCC3)cc2)no1. The van der Waals surface area contributed by atoms with Gasteiger partial charge in [-0.05, 0) is 44.0 Å². The molecule has 1 fully saturated rings. The van der Waals surface area contributed by atoms with Crippen LogP contribution in [0.4, 0.5) is 4.79 Å². The molecule has 0 radical (unpaired) electrons. The fraction of sp³-hybridized carbons (Fsp3) is 0.476. The standard InChI is InChI=1S/C21H26N4O6/c1-13(19(26)24-21(28)23-16-6-4-3-5-7-16)30-20(27)15-8-10-17(11-9-15)29-12-18-22-14(2)31-25-18/h8-11,13,16H,3-7,12H2,1-2H3,(H2,23,24,26,28). The highest BCUT2D eigenvalue weighted by Gasteiger charge is 2.22. The average molecular weight is 430 g/mol. The van der Waals surface area contributed by atoms with E-state index in [4.69, 9.17) is 14.0 Å². The molecule has 0 spiro atoms. The lowest BCUT2D eigenvalue weighted by atomic mass is 9.96. The first kappa shape index (κ1) is 22.3. The van der Waals surface area contributed by atoms with Crippen molar-refractivity contribution in [2.24, 2.45) is 0 Å². The summed E-state index contributed by atoms with van der Waals surface area (Å²) in [5.41, 5.74) is 0.245. The highest BCUT2D eigenvalue weighted by atomic mass is 16.5. The number of urea groups is 1. The third-order valence-electron chi connectivity index (χ3n) is 4.86. The van der Waals surface area contributed by atoms with Crippen LogP contribution in [0.3, 0.4) is 0 Å². The maximum Gasteiger partial charge on any atom is 0.338 e. The molecule has 1 aliphatic carbocycles. The molecule has 1 unspecified atom stereocenters. The third kappa shape index (κ3) is 6.80. The Balaban J connectivity index is 1.43. The average Bonchev–Trinajstić information content (AvgIpc) is 3.18. The Morgan fingerprint density at radius 1 is 1.16 bits per heavy atom. The number of ether oxygens (including phenoxy) is 2. The summed E-state index contributed by atoms with van der Waals surface area (Å²) < 4.78 is 15.5. The predicted molar refractivity (Wildman–Crippen MR) is 108 cm³/mol. The van der Waals surface area contributed by atoms with Crippen LogP contribution in [0.15, 0.2) is 28.8 Å². The first-order chi connectivity index (χ1) is 14.9. The van der Waals surface area contributed by atoms with E-state index in [1.807, 2.05) is 0 Å². The zero-order chi connectivity index (χ0) is 22.2. The van der Waals surface area contributed by atoms with Gasteiger partial charge in [0.05, 0.1) is 5.56 Å². The Morgan fingerprint density at radius 2 is 1.87 bits per heavy atom. The van der Waals surface area contributed by atoms with Crippen molar-refractivity contribution in [2.45, 2.75) is 64.7 Å². The minimum atomic E-state index is -1.12. The summed E-state index contributed by atoms with van der Waals surface area (Å²) in [4.78, 5) is 40.4. The van der Waals surface area contributed by atoms with Crippen molar-refractivity contribution in [3.8, 4) is 5.75 Å². The number of aryl methyl sites for hydroxylation is 1. The Morgan fingerprint density at radius 3 is 2.52 bits per heavy atom. The molecule has 0 bridgehead atoms. The number of aromatic nitrogens is 2. The highest BCUT2D eigenvalue weighted by Crippen LogP contribution is 2.17. The number of nitrogens with zero attached hydrogens (tertiary/aromatic N) is 2. The minimum absolute atomic E-state index is 0.0734. The Hall–Kier alpha value is -3.43. The lowest BCUT2D eigenvalue weighted by molar-refractivity contribution is -0.127. The van der Waals surface area contributed by atoms with Crippen molar-refractivity contribution in [1.29, 1.82) is 0 Å². The number of nitrogens with one attached hydrogen (secondary N) is 2. The first-order valence-electron chi connectivity index (χ1n) is 10.2. The van der Waals surface area contributed by atoms with E-state index in [1.165, 1.54) is 19.1 Å². The largest absolute Gasteiger partial charge is 0.485 e. The molecule has 3 rings (SSSR count). The van der Waals surface area contributed by atoms with Gasteiger partial charge in [-0.1, -0.05) is 24.4 Å². The maximum absolute atomic E-state index is 12.3. The van der Waals surface area contributed by atoms with E-state index in [0.29, 0.717) is 17.5 Å². The van der Waals surface area contributed by atoms with E-state index in [9.17, 15) is 14.4 Å². The van der Waals surface area contributed by atoms with Gasteiger partial charge in [0.2, 0.25) is 11.7 Å². The van der Waals surface area contributed by atoms with Crippen LogP contribution in [0.5, 0.6) is 5.75 Å². The van der Waals surface area contributed by atoms with Crippen LogP contribution in [0.25, 0.3) is 0 Å². The van der Waals surface area contributed by atoms with Crippen LogP contribution in [0.1, 0.15) is 61.1 Å². The topological polar surface area (TPSA) is 133 Å². The molecule has 1 heterocycles. The van der Waals surface area contributed by atoms with Crippen molar-refractivity contribution < 1.29 is 28.4 Å². The van der Waals surface area contributed by atoms with Gasteiger partial charge in [-0.3, -0.25) is 10.1 Å². The van der Waals surface area contributed by atoms with E-state index in [0.717, 1.165) is 32.1 Å². The number of imide groups is 1. The summed E-state index contributed by atoms with van der Waals surface area (Å²) in [6.45, 7) is 3.22. The van der Waals surface area contributed by atoms with Crippen LogP contribution in [-0.2, 0) is 16.1 Å². The number of esters is 1. The van der Waals surface area contributed by atoms with E-state index in [-0.39, 0.29) is 18.2 Å². The highest BCUT2D eigenvalue weighted by molar-refractivity contribution is 5.98. The first-order valence-corrected chi connectivity index (χ1v) is 10.2. The second-order valence-electron chi connectivity index (χ2n) is 7.39. The van der Waals surface area contributed by atoms with Crippen LogP contribution >= 0.6 is 0 Å². The third-order valence-corrected chi connectivity index (χ3v) is 4.86. The van der Waals surface area contributed by atoms with E-state index in [1.54, 1.807) is 19.1 Å². The lowest BCUT2D eigenvalue weighted by Gasteiger charge is -2.23. The Labute approximate surface area is 179 Å². The van der Waals surface area contributed by atoms with Gasteiger partial charge in [0.25, 0.3) is 5.91 Å². The summed E-state index contributed by atoms with van der Waals surface area (Å²) in [6, 6.07) is 5.71. The zero-order valence-corrected chi connectivity index (χ0v) is 17.6. The minimum Gasteiger partial charge on any atom is -0.485 e. The monoisotopic (exact) mass is 430 g/mol. The summed E-state index contributed by atoms with van der Waals surface area (Å²) in [5, 5.41) is 8.73. The van der Waals surface area contributed by atoms with Gasteiger partial charge in [-0.2, -0.15) is 4.98 Å². The summed E-state index contributed by atoms with van der Waals surface area (Å²) in [5.74, 6) is -0.00783.